The minimum Gasteiger partial charge on any atom is -0.444 e. The van der Waals surface area contributed by atoms with E-state index in [4.69, 9.17) is 26.3 Å². The van der Waals surface area contributed by atoms with Gasteiger partial charge in [0, 0.05) is 67.5 Å². The third-order valence-electron chi connectivity index (χ3n) is 8.94. The second-order valence-corrected chi connectivity index (χ2v) is 15.7. The summed E-state index contributed by atoms with van der Waals surface area (Å²) in [5.41, 5.74) is 2.03. The number of carbonyl (C=O) groups is 2. The molecule has 5 heterocycles. The van der Waals surface area contributed by atoms with Gasteiger partial charge in [0.05, 0.1) is 32.6 Å². The molecule has 7 rings (SSSR count). The van der Waals surface area contributed by atoms with Crippen LogP contribution in [0.3, 0.4) is 0 Å². The molecule has 4 fully saturated rings. The molecule has 13 heteroatoms. The summed E-state index contributed by atoms with van der Waals surface area (Å²) >= 11 is 12.8. The normalized spacial score (nSPS) is 22.0. The molecule has 0 N–H and O–H groups in total. The van der Waals surface area contributed by atoms with Gasteiger partial charge in [-0.1, -0.05) is 11.6 Å². The zero-order valence-electron chi connectivity index (χ0n) is 25.6. The van der Waals surface area contributed by atoms with Crippen molar-refractivity contribution in [1.29, 1.82) is 0 Å². The molecule has 1 aromatic carbocycles. The van der Waals surface area contributed by atoms with E-state index in [-0.39, 0.29) is 30.0 Å². The Kier molecular flexibility index (Phi) is 8.07. The molecular formula is C30H38BrClIN7O3. The van der Waals surface area contributed by atoms with Crippen LogP contribution in [0.2, 0.25) is 5.02 Å². The first kappa shape index (κ1) is 31.1. The highest BCUT2D eigenvalue weighted by molar-refractivity contribution is 14.1. The zero-order valence-corrected chi connectivity index (χ0v) is 30.1. The fourth-order valence-electron chi connectivity index (χ4n) is 6.54. The van der Waals surface area contributed by atoms with Gasteiger partial charge in [-0.25, -0.2) is 14.8 Å². The van der Waals surface area contributed by atoms with Crippen molar-refractivity contribution in [2.75, 3.05) is 52.7 Å². The lowest BCUT2D eigenvalue weighted by Crippen LogP contribution is -2.57. The molecule has 0 spiro atoms. The van der Waals surface area contributed by atoms with Crippen LogP contribution in [0.25, 0.3) is 21.9 Å². The number of anilines is 1. The van der Waals surface area contributed by atoms with Gasteiger partial charge >= 0.3 is 6.09 Å². The number of ether oxygens (including phenoxy) is 1. The fraction of sp³-hybridized carbons (Fsp3) is 0.600. The number of amides is 2. The van der Waals surface area contributed by atoms with E-state index in [9.17, 15) is 9.59 Å². The first-order valence-corrected chi connectivity index (χ1v) is 16.9. The SMILES string of the molecule is CN(C)C(=O)CCc1nc2c(N3CC(N(C)C)C3)nc3c(Br)c(Cl)c(I)cc3c2n1C1C2CC1N(C(=O)OC(C)(C)C)C2. The maximum absolute atomic E-state index is 13.3. The summed E-state index contributed by atoms with van der Waals surface area (Å²) in [7, 11) is 7.75. The van der Waals surface area contributed by atoms with Crippen LogP contribution in [0, 0.1) is 9.49 Å². The van der Waals surface area contributed by atoms with Gasteiger partial charge in [-0.15, -0.1) is 0 Å². The van der Waals surface area contributed by atoms with E-state index < -0.39 is 5.60 Å². The van der Waals surface area contributed by atoms with E-state index >= 15 is 0 Å². The number of benzene rings is 1. The highest BCUT2D eigenvalue weighted by Gasteiger charge is 2.56. The summed E-state index contributed by atoms with van der Waals surface area (Å²) in [6, 6.07) is 2.53. The van der Waals surface area contributed by atoms with Crippen molar-refractivity contribution in [3.8, 4) is 0 Å². The predicted molar refractivity (Wildman–Crippen MR) is 181 cm³/mol. The second-order valence-electron chi connectivity index (χ2n) is 13.4. The molecule has 3 saturated heterocycles. The van der Waals surface area contributed by atoms with E-state index in [1.807, 2.05) is 25.7 Å². The number of hydrogen-bond acceptors (Lipinski definition) is 7. The van der Waals surface area contributed by atoms with Crippen molar-refractivity contribution in [3.05, 3.63) is 25.0 Å². The summed E-state index contributed by atoms with van der Waals surface area (Å²) in [5.74, 6) is 1.99. The minimum atomic E-state index is -0.570. The monoisotopic (exact) mass is 785 g/mol. The van der Waals surface area contributed by atoms with Gasteiger partial charge in [-0.3, -0.25) is 4.79 Å². The fourth-order valence-corrected chi connectivity index (χ4v) is 8.16. The summed E-state index contributed by atoms with van der Waals surface area (Å²) in [6.07, 6.45) is 1.47. The van der Waals surface area contributed by atoms with Gasteiger partial charge in [0.15, 0.2) is 5.82 Å². The number of imidazole rings is 1. The van der Waals surface area contributed by atoms with Crippen LogP contribution in [0.4, 0.5) is 10.6 Å². The van der Waals surface area contributed by atoms with Gasteiger partial charge in [0.2, 0.25) is 5.91 Å². The first-order chi connectivity index (χ1) is 20.2. The summed E-state index contributed by atoms with van der Waals surface area (Å²) in [4.78, 5) is 44.5. The first-order valence-electron chi connectivity index (χ1n) is 14.7. The number of aryl methyl sites for hydroxylation is 1. The lowest BCUT2D eigenvalue weighted by Gasteiger charge is -2.43. The third kappa shape index (κ3) is 5.37. The molecule has 1 saturated carbocycles. The number of likely N-dealkylation sites (N-methyl/N-ethyl adjacent to an activating group) is 1. The standard InChI is InChI=1S/C30H38BrClIN7O3/c1-30(2,3)43-29(42)39-12-15-10-19(39)26(15)40-20(8-9-21(41)37(6)7)34-25-27(40)17-11-18(33)23(32)22(31)24(17)35-28(25)38-13-16(14-38)36(4)5/h11,15-16,19,26H,8-10,12-14H2,1-7H3. The topological polar surface area (TPSA) is 87.0 Å². The molecule has 2 bridgehead atoms. The molecule has 3 aromatic rings. The molecule has 3 unspecified atom stereocenters. The Hall–Kier alpha value is -1.90. The van der Waals surface area contributed by atoms with Crippen molar-refractivity contribution >= 4 is 89.9 Å². The van der Waals surface area contributed by atoms with Crippen LogP contribution in [0.15, 0.2) is 10.5 Å². The van der Waals surface area contributed by atoms with Crippen LogP contribution in [-0.2, 0) is 16.0 Å². The minimum absolute atomic E-state index is 0.0100. The van der Waals surface area contributed by atoms with Crippen molar-refractivity contribution in [2.45, 2.75) is 63.8 Å². The molecule has 3 aliphatic heterocycles. The van der Waals surface area contributed by atoms with Gasteiger partial charge in [0.25, 0.3) is 0 Å². The van der Waals surface area contributed by atoms with Crippen LogP contribution < -0.4 is 4.90 Å². The Morgan fingerprint density at radius 3 is 2.47 bits per heavy atom. The molecule has 232 valence electrons. The molecule has 1 aliphatic carbocycles. The van der Waals surface area contributed by atoms with Gasteiger partial charge in [-0.05, 0) is 85.9 Å². The Bertz CT molecular complexity index is 1630. The molecular weight excluding hydrogens is 749 g/mol. The van der Waals surface area contributed by atoms with Gasteiger partial charge < -0.3 is 28.9 Å². The van der Waals surface area contributed by atoms with E-state index in [0.29, 0.717) is 30.5 Å². The molecule has 4 aliphatic rings. The van der Waals surface area contributed by atoms with E-state index in [1.165, 1.54) is 0 Å². The van der Waals surface area contributed by atoms with Crippen LogP contribution in [0.5, 0.6) is 0 Å². The number of fused-ring (bicyclic) bond motifs is 4. The number of carbonyl (C=O) groups excluding carboxylic acids is 2. The zero-order chi connectivity index (χ0) is 31.1. The van der Waals surface area contributed by atoms with Gasteiger partial charge in [0.1, 0.15) is 16.9 Å². The molecule has 2 amide bonds. The van der Waals surface area contributed by atoms with Crippen LogP contribution in [-0.4, -0.2) is 107 Å². The molecule has 10 nitrogen and oxygen atoms in total. The van der Waals surface area contributed by atoms with E-state index in [0.717, 1.165) is 61.1 Å². The molecule has 2 aromatic heterocycles. The highest BCUT2D eigenvalue weighted by Crippen LogP contribution is 2.53. The molecule has 0 radical (unpaired) electrons. The average molecular weight is 787 g/mol. The maximum Gasteiger partial charge on any atom is 0.410 e. The quantitative estimate of drug-likeness (QED) is 0.239. The number of nitrogens with zero attached hydrogens (tertiary/aromatic N) is 7. The Balaban J connectivity index is 1.54. The lowest BCUT2D eigenvalue weighted by molar-refractivity contribution is -0.128. The van der Waals surface area contributed by atoms with Crippen LogP contribution in [0.1, 0.15) is 45.5 Å². The van der Waals surface area contributed by atoms with Crippen molar-refractivity contribution in [3.63, 3.8) is 0 Å². The van der Waals surface area contributed by atoms with Crippen molar-refractivity contribution < 1.29 is 14.3 Å². The Labute approximate surface area is 279 Å². The predicted octanol–water partition coefficient (Wildman–Crippen LogP) is 5.56. The summed E-state index contributed by atoms with van der Waals surface area (Å²) in [6.45, 7) is 8.02. The molecule has 3 atom stereocenters. The lowest BCUT2D eigenvalue weighted by atomic mass is 9.79. The summed E-state index contributed by atoms with van der Waals surface area (Å²) in [5, 5.41) is 1.58. The summed E-state index contributed by atoms with van der Waals surface area (Å²) < 4.78 is 9.79. The number of halogens is 3. The number of rotatable bonds is 6. The number of hydrogen-bond donors (Lipinski definition) is 0. The van der Waals surface area contributed by atoms with Crippen LogP contribution >= 0.6 is 50.1 Å². The molecule has 43 heavy (non-hydrogen) atoms. The van der Waals surface area contributed by atoms with Crippen molar-refractivity contribution in [2.24, 2.45) is 5.92 Å². The average Bonchev–Trinajstić information content (AvgIpc) is 3.57. The second kappa shape index (κ2) is 11.2. The Morgan fingerprint density at radius 2 is 1.84 bits per heavy atom. The highest BCUT2D eigenvalue weighted by atomic mass is 127. The smallest absolute Gasteiger partial charge is 0.410 e. The number of pyridine rings is 1. The number of aromatic nitrogens is 3. The van der Waals surface area contributed by atoms with Gasteiger partial charge in [-0.2, -0.15) is 0 Å². The van der Waals surface area contributed by atoms with Crippen molar-refractivity contribution in [1.82, 2.24) is 29.2 Å². The maximum atomic E-state index is 13.3. The third-order valence-corrected chi connectivity index (χ3v) is 11.5. The van der Waals surface area contributed by atoms with E-state index in [1.54, 1.807) is 19.0 Å². The largest absolute Gasteiger partial charge is 0.444 e. The van der Waals surface area contributed by atoms with E-state index in [2.05, 4.69) is 73.0 Å². The Morgan fingerprint density at radius 1 is 1.14 bits per heavy atom.